The number of rotatable bonds is 4. The third-order valence-corrected chi connectivity index (χ3v) is 5.21. The van der Waals surface area contributed by atoms with Gasteiger partial charge in [0.1, 0.15) is 5.75 Å². The number of thiophene rings is 1. The van der Waals surface area contributed by atoms with Gasteiger partial charge in [-0.1, -0.05) is 12.1 Å². The topological polar surface area (TPSA) is 38.5 Å². The van der Waals surface area contributed by atoms with Crippen molar-refractivity contribution in [2.24, 2.45) is 5.73 Å². The molecule has 2 atom stereocenters. The molecular formula is C17H22N2OS. The van der Waals surface area contributed by atoms with Crippen LogP contribution in [0.4, 0.5) is 0 Å². The summed E-state index contributed by atoms with van der Waals surface area (Å²) in [5, 5.41) is 2.20. The van der Waals surface area contributed by atoms with Crippen LogP contribution < -0.4 is 10.5 Å². The molecule has 4 heteroatoms. The van der Waals surface area contributed by atoms with Crippen molar-refractivity contribution in [2.45, 2.75) is 32.0 Å². The maximum atomic E-state index is 6.30. The van der Waals surface area contributed by atoms with Crippen molar-refractivity contribution in [1.29, 1.82) is 0 Å². The molecule has 2 unspecified atom stereocenters. The molecule has 0 fully saturated rings. The van der Waals surface area contributed by atoms with Gasteiger partial charge in [0.2, 0.25) is 0 Å². The number of benzene rings is 1. The third kappa shape index (κ3) is 2.98. The molecule has 0 spiro atoms. The first-order valence-electron chi connectivity index (χ1n) is 7.38. The van der Waals surface area contributed by atoms with E-state index < -0.39 is 0 Å². The second-order valence-corrected chi connectivity index (χ2v) is 6.67. The van der Waals surface area contributed by atoms with E-state index >= 15 is 0 Å². The number of hydrogen-bond acceptors (Lipinski definition) is 4. The van der Waals surface area contributed by atoms with Crippen LogP contribution >= 0.6 is 11.3 Å². The smallest absolute Gasteiger partial charge is 0.118 e. The van der Waals surface area contributed by atoms with Gasteiger partial charge in [0.25, 0.3) is 0 Å². The molecule has 0 aliphatic carbocycles. The van der Waals surface area contributed by atoms with Gasteiger partial charge in [0, 0.05) is 30.1 Å². The molecule has 0 saturated carbocycles. The molecule has 0 bridgehead atoms. The minimum Gasteiger partial charge on any atom is -0.497 e. The lowest BCUT2D eigenvalue weighted by Crippen LogP contribution is -2.41. The van der Waals surface area contributed by atoms with Crippen molar-refractivity contribution >= 4 is 11.3 Å². The molecule has 1 aromatic heterocycles. The van der Waals surface area contributed by atoms with Gasteiger partial charge in [-0.25, -0.2) is 0 Å². The predicted octanol–water partition coefficient (Wildman–Crippen LogP) is 3.20. The Morgan fingerprint density at radius 1 is 1.24 bits per heavy atom. The van der Waals surface area contributed by atoms with Crippen LogP contribution in [0.15, 0.2) is 35.7 Å². The van der Waals surface area contributed by atoms with Crippen LogP contribution in [-0.2, 0) is 13.0 Å². The lowest BCUT2D eigenvalue weighted by molar-refractivity contribution is 0.161. The summed E-state index contributed by atoms with van der Waals surface area (Å²) < 4.78 is 5.25. The van der Waals surface area contributed by atoms with Gasteiger partial charge in [0.15, 0.2) is 0 Å². The SMILES string of the molecule is COc1ccc(C(C(C)N)N2CCc3sccc3C2)cc1. The fourth-order valence-corrected chi connectivity index (χ4v) is 4.05. The highest BCUT2D eigenvalue weighted by Gasteiger charge is 2.27. The Kier molecular flexibility index (Phi) is 4.29. The molecule has 0 radical (unpaired) electrons. The fraction of sp³-hybridized carbons (Fsp3) is 0.412. The first-order valence-corrected chi connectivity index (χ1v) is 8.26. The molecule has 2 heterocycles. The van der Waals surface area contributed by atoms with Crippen molar-refractivity contribution < 1.29 is 4.74 Å². The van der Waals surface area contributed by atoms with E-state index in [9.17, 15) is 0 Å². The normalized spacial score (nSPS) is 18.0. The van der Waals surface area contributed by atoms with Crippen molar-refractivity contribution in [3.63, 3.8) is 0 Å². The molecule has 1 aliphatic heterocycles. The maximum Gasteiger partial charge on any atom is 0.118 e. The third-order valence-electron chi connectivity index (χ3n) is 4.19. The van der Waals surface area contributed by atoms with E-state index in [0.29, 0.717) is 0 Å². The summed E-state index contributed by atoms with van der Waals surface area (Å²) in [4.78, 5) is 4.03. The van der Waals surface area contributed by atoms with Gasteiger partial charge in [-0.3, -0.25) is 4.90 Å². The summed E-state index contributed by atoms with van der Waals surface area (Å²) in [6.07, 6.45) is 1.13. The molecule has 0 amide bonds. The van der Waals surface area contributed by atoms with Crippen LogP contribution in [-0.4, -0.2) is 24.6 Å². The Hall–Kier alpha value is -1.36. The molecule has 1 aliphatic rings. The van der Waals surface area contributed by atoms with Gasteiger partial charge < -0.3 is 10.5 Å². The second kappa shape index (κ2) is 6.18. The first-order chi connectivity index (χ1) is 10.2. The number of ether oxygens (including phenoxy) is 1. The molecule has 112 valence electrons. The van der Waals surface area contributed by atoms with Gasteiger partial charge in [-0.05, 0) is 48.1 Å². The minimum atomic E-state index is 0.0959. The Morgan fingerprint density at radius 2 is 2.00 bits per heavy atom. The number of hydrogen-bond donors (Lipinski definition) is 1. The van der Waals surface area contributed by atoms with Crippen molar-refractivity contribution in [3.05, 3.63) is 51.7 Å². The number of nitrogens with two attached hydrogens (primary N) is 1. The van der Waals surface area contributed by atoms with E-state index in [1.54, 1.807) is 7.11 Å². The van der Waals surface area contributed by atoms with Crippen molar-refractivity contribution in [1.82, 2.24) is 4.90 Å². The molecule has 3 nitrogen and oxygen atoms in total. The van der Waals surface area contributed by atoms with Gasteiger partial charge in [-0.15, -0.1) is 11.3 Å². The Labute approximate surface area is 130 Å². The highest BCUT2D eigenvalue weighted by Crippen LogP contribution is 2.32. The van der Waals surface area contributed by atoms with Crippen LogP contribution in [0.1, 0.15) is 29.0 Å². The lowest BCUT2D eigenvalue weighted by atomic mass is 9.96. The zero-order valence-electron chi connectivity index (χ0n) is 12.6. The van der Waals surface area contributed by atoms with Crippen LogP contribution in [0.2, 0.25) is 0 Å². The number of methoxy groups -OCH3 is 1. The molecule has 0 saturated heterocycles. The minimum absolute atomic E-state index is 0.0959. The quantitative estimate of drug-likeness (QED) is 0.942. The zero-order valence-corrected chi connectivity index (χ0v) is 13.4. The van der Waals surface area contributed by atoms with E-state index in [0.717, 1.165) is 25.3 Å². The monoisotopic (exact) mass is 302 g/mol. The van der Waals surface area contributed by atoms with Crippen molar-refractivity contribution in [3.8, 4) is 5.75 Å². The highest BCUT2D eigenvalue weighted by molar-refractivity contribution is 7.10. The van der Waals surface area contributed by atoms with Crippen LogP contribution in [0.25, 0.3) is 0 Å². The number of nitrogens with zero attached hydrogens (tertiary/aromatic N) is 1. The van der Waals surface area contributed by atoms with Crippen LogP contribution in [0.5, 0.6) is 5.75 Å². The van der Waals surface area contributed by atoms with Crippen molar-refractivity contribution in [2.75, 3.05) is 13.7 Å². The summed E-state index contributed by atoms with van der Waals surface area (Å²) in [7, 11) is 1.70. The largest absolute Gasteiger partial charge is 0.497 e. The summed E-state index contributed by atoms with van der Waals surface area (Å²) in [6, 6.07) is 10.9. The predicted molar refractivity (Wildman–Crippen MR) is 87.8 cm³/mol. The molecular weight excluding hydrogens is 280 g/mol. The summed E-state index contributed by atoms with van der Waals surface area (Å²) >= 11 is 1.87. The van der Waals surface area contributed by atoms with Crippen LogP contribution in [0, 0.1) is 0 Å². The molecule has 21 heavy (non-hydrogen) atoms. The number of fused-ring (bicyclic) bond motifs is 1. The second-order valence-electron chi connectivity index (χ2n) is 5.67. The fourth-order valence-electron chi connectivity index (χ4n) is 3.16. The van der Waals surface area contributed by atoms with E-state index in [4.69, 9.17) is 10.5 Å². The van der Waals surface area contributed by atoms with E-state index in [-0.39, 0.29) is 12.1 Å². The summed E-state index contributed by atoms with van der Waals surface area (Å²) in [6.45, 7) is 4.17. The first kappa shape index (κ1) is 14.6. The van der Waals surface area contributed by atoms with E-state index in [1.807, 2.05) is 23.5 Å². The molecule has 3 rings (SSSR count). The lowest BCUT2D eigenvalue weighted by Gasteiger charge is -2.37. The van der Waals surface area contributed by atoms with E-state index in [1.165, 1.54) is 16.0 Å². The summed E-state index contributed by atoms with van der Waals surface area (Å²) in [5.74, 6) is 0.890. The zero-order chi connectivity index (χ0) is 14.8. The highest BCUT2D eigenvalue weighted by atomic mass is 32.1. The molecule has 2 N–H and O–H groups in total. The Bertz CT molecular complexity index is 591. The average Bonchev–Trinajstić information content (AvgIpc) is 2.95. The van der Waals surface area contributed by atoms with E-state index in [2.05, 4.69) is 35.4 Å². The van der Waals surface area contributed by atoms with Gasteiger partial charge >= 0.3 is 0 Å². The Balaban J connectivity index is 1.84. The maximum absolute atomic E-state index is 6.30. The summed E-state index contributed by atoms with van der Waals surface area (Å²) in [5.41, 5.74) is 9.03. The van der Waals surface area contributed by atoms with Crippen LogP contribution in [0.3, 0.4) is 0 Å². The van der Waals surface area contributed by atoms with Gasteiger partial charge in [-0.2, -0.15) is 0 Å². The standard InChI is InChI=1S/C17H22N2OS/c1-12(18)17(13-3-5-15(20-2)6-4-13)19-9-7-16-14(11-19)8-10-21-16/h3-6,8,10,12,17H,7,9,11,18H2,1-2H3. The molecule has 2 aromatic rings. The average molecular weight is 302 g/mol. The molecule has 1 aromatic carbocycles. The Morgan fingerprint density at radius 3 is 2.67 bits per heavy atom. The van der Waals surface area contributed by atoms with Gasteiger partial charge in [0.05, 0.1) is 7.11 Å².